The van der Waals surface area contributed by atoms with Gasteiger partial charge in [-0.15, -0.1) is 0 Å². The van der Waals surface area contributed by atoms with Crippen molar-refractivity contribution in [3.63, 3.8) is 0 Å². The van der Waals surface area contributed by atoms with Crippen LogP contribution in [0.2, 0.25) is 0 Å². The van der Waals surface area contributed by atoms with Crippen LogP contribution >= 0.6 is 15.9 Å². The van der Waals surface area contributed by atoms with Gasteiger partial charge in [0.15, 0.2) is 0 Å². The number of likely N-dealkylation sites (tertiary alicyclic amines) is 1. The van der Waals surface area contributed by atoms with Crippen LogP contribution < -0.4 is 10.6 Å². The third-order valence-corrected chi connectivity index (χ3v) is 4.65. The molecule has 0 radical (unpaired) electrons. The SMILES string of the molecule is CC(C)(C)N1CC(C(=O)NCCNC(=O)c2ccc(Br)cc2)CC1=O. The average Bonchev–Trinajstić information content (AvgIpc) is 2.94. The Labute approximate surface area is 156 Å². The molecule has 3 amide bonds. The Morgan fingerprint density at radius 1 is 1.16 bits per heavy atom. The smallest absolute Gasteiger partial charge is 0.251 e. The summed E-state index contributed by atoms with van der Waals surface area (Å²) in [6.07, 6.45) is 0.244. The quantitative estimate of drug-likeness (QED) is 0.729. The number of carbonyl (C=O) groups excluding carboxylic acids is 3. The minimum Gasteiger partial charge on any atom is -0.354 e. The highest BCUT2D eigenvalue weighted by Crippen LogP contribution is 2.25. The van der Waals surface area contributed by atoms with E-state index in [1.54, 1.807) is 29.2 Å². The van der Waals surface area contributed by atoms with Gasteiger partial charge in [0, 0.05) is 41.6 Å². The van der Waals surface area contributed by atoms with E-state index in [-0.39, 0.29) is 35.6 Å². The monoisotopic (exact) mass is 409 g/mol. The zero-order valence-corrected chi connectivity index (χ0v) is 16.4. The summed E-state index contributed by atoms with van der Waals surface area (Å²) >= 11 is 3.32. The number of hydrogen-bond acceptors (Lipinski definition) is 3. The molecule has 2 rings (SSSR count). The van der Waals surface area contributed by atoms with Crippen LogP contribution in [0.25, 0.3) is 0 Å². The van der Waals surface area contributed by atoms with Gasteiger partial charge in [-0.3, -0.25) is 14.4 Å². The molecule has 136 valence electrons. The molecule has 0 aliphatic carbocycles. The Morgan fingerprint density at radius 3 is 2.32 bits per heavy atom. The van der Waals surface area contributed by atoms with E-state index in [0.29, 0.717) is 25.2 Å². The number of amides is 3. The lowest BCUT2D eigenvalue weighted by molar-refractivity contribution is -0.132. The van der Waals surface area contributed by atoms with E-state index in [1.165, 1.54) is 0 Å². The zero-order chi connectivity index (χ0) is 18.6. The Kier molecular flexibility index (Phi) is 6.21. The van der Waals surface area contributed by atoms with Gasteiger partial charge in [0.05, 0.1) is 5.92 Å². The molecule has 1 aromatic rings. The first-order valence-electron chi connectivity index (χ1n) is 8.30. The molecule has 25 heavy (non-hydrogen) atoms. The lowest BCUT2D eigenvalue weighted by Gasteiger charge is -2.31. The molecule has 6 nitrogen and oxygen atoms in total. The number of halogens is 1. The second-order valence-corrected chi connectivity index (χ2v) is 8.05. The minimum atomic E-state index is -0.325. The molecule has 0 aromatic heterocycles. The topological polar surface area (TPSA) is 78.5 Å². The van der Waals surface area contributed by atoms with Gasteiger partial charge in [-0.25, -0.2) is 0 Å². The van der Waals surface area contributed by atoms with Gasteiger partial charge in [-0.05, 0) is 45.0 Å². The number of nitrogens with one attached hydrogen (secondary N) is 2. The van der Waals surface area contributed by atoms with E-state index >= 15 is 0 Å². The number of rotatable bonds is 5. The first-order valence-corrected chi connectivity index (χ1v) is 9.09. The Bertz CT molecular complexity index is 653. The summed E-state index contributed by atoms with van der Waals surface area (Å²) in [6.45, 7) is 7.00. The van der Waals surface area contributed by atoms with Gasteiger partial charge in [-0.1, -0.05) is 15.9 Å². The summed E-state index contributed by atoms with van der Waals surface area (Å²) in [5, 5.41) is 5.55. The van der Waals surface area contributed by atoms with E-state index in [9.17, 15) is 14.4 Å². The molecule has 7 heteroatoms. The van der Waals surface area contributed by atoms with E-state index < -0.39 is 0 Å². The molecule has 1 unspecified atom stereocenters. The maximum Gasteiger partial charge on any atom is 0.251 e. The predicted molar refractivity (Wildman–Crippen MR) is 99.1 cm³/mol. The number of nitrogens with zero attached hydrogens (tertiary/aromatic N) is 1. The number of carbonyl (C=O) groups is 3. The van der Waals surface area contributed by atoms with Crippen molar-refractivity contribution in [3.05, 3.63) is 34.3 Å². The molecule has 1 atom stereocenters. The second-order valence-electron chi connectivity index (χ2n) is 7.13. The van der Waals surface area contributed by atoms with Crippen LogP contribution in [0.15, 0.2) is 28.7 Å². The summed E-state index contributed by atoms with van der Waals surface area (Å²) in [5.74, 6) is -0.639. The van der Waals surface area contributed by atoms with Gasteiger partial charge in [0.25, 0.3) is 5.91 Å². The van der Waals surface area contributed by atoms with E-state index in [1.807, 2.05) is 20.8 Å². The molecule has 0 saturated carbocycles. The van der Waals surface area contributed by atoms with Crippen LogP contribution in [0.4, 0.5) is 0 Å². The van der Waals surface area contributed by atoms with Gasteiger partial charge in [-0.2, -0.15) is 0 Å². The van der Waals surface area contributed by atoms with Gasteiger partial charge < -0.3 is 15.5 Å². The molecule has 1 heterocycles. The molecule has 1 aliphatic rings. The van der Waals surface area contributed by atoms with E-state index in [2.05, 4.69) is 26.6 Å². The zero-order valence-electron chi connectivity index (χ0n) is 14.8. The summed E-state index contributed by atoms with van der Waals surface area (Å²) in [4.78, 5) is 37.9. The third-order valence-electron chi connectivity index (χ3n) is 4.12. The molecule has 0 spiro atoms. The van der Waals surface area contributed by atoms with Crippen molar-refractivity contribution in [2.75, 3.05) is 19.6 Å². The lowest BCUT2D eigenvalue weighted by Crippen LogP contribution is -2.43. The normalized spacial score (nSPS) is 17.5. The highest BCUT2D eigenvalue weighted by molar-refractivity contribution is 9.10. The van der Waals surface area contributed by atoms with Gasteiger partial charge >= 0.3 is 0 Å². The average molecular weight is 410 g/mol. The summed E-state index contributed by atoms with van der Waals surface area (Å²) in [6, 6.07) is 7.05. The standard InChI is InChI=1S/C18H24BrN3O3/c1-18(2,3)22-11-13(10-15(22)23)17(25)21-9-8-20-16(24)12-4-6-14(19)7-5-12/h4-7,13H,8-11H2,1-3H3,(H,20,24)(H,21,25). The first-order chi connectivity index (χ1) is 11.7. The van der Waals surface area contributed by atoms with Gasteiger partial charge in [0.1, 0.15) is 0 Å². The van der Waals surface area contributed by atoms with Crippen molar-refractivity contribution in [2.45, 2.75) is 32.7 Å². The molecule has 0 bridgehead atoms. The summed E-state index contributed by atoms with van der Waals surface area (Å²) in [7, 11) is 0. The maximum atomic E-state index is 12.2. The number of hydrogen-bond donors (Lipinski definition) is 2. The van der Waals surface area contributed by atoms with Crippen molar-refractivity contribution in [1.29, 1.82) is 0 Å². The molecule has 1 aromatic carbocycles. The highest BCUT2D eigenvalue weighted by Gasteiger charge is 2.39. The highest BCUT2D eigenvalue weighted by atomic mass is 79.9. The van der Waals surface area contributed by atoms with Crippen LogP contribution in [0, 0.1) is 5.92 Å². The summed E-state index contributed by atoms with van der Waals surface area (Å²) < 4.78 is 0.909. The van der Waals surface area contributed by atoms with Crippen molar-refractivity contribution in [2.24, 2.45) is 5.92 Å². The molecule has 1 saturated heterocycles. The van der Waals surface area contributed by atoms with Crippen molar-refractivity contribution in [3.8, 4) is 0 Å². The fraction of sp³-hybridized carbons (Fsp3) is 0.500. The lowest BCUT2D eigenvalue weighted by atomic mass is 10.1. The predicted octanol–water partition coefficient (Wildman–Crippen LogP) is 1.94. The fourth-order valence-corrected chi connectivity index (χ4v) is 3.01. The van der Waals surface area contributed by atoms with Gasteiger partial charge in [0.2, 0.25) is 11.8 Å². The van der Waals surface area contributed by atoms with Crippen molar-refractivity contribution < 1.29 is 14.4 Å². The molecule has 2 N–H and O–H groups in total. The Hall–Kier alpha value is -1.89. The van der Waals surface area contributed by atoms with Crippen molar-refractivity contribution >= 4 is 33.7 Å². The first kappa shape index (κ1) is 19.4. The molecular weight excluding hydrogens is 386 g/mol. The minimum absolute atomic E-state index is 0.0104. The fourth-order valence-electron chi connectivity index (χ4n) is 2.74. The second kappa shape index (κ2) is 7.99. The van der Waals surface area contributed by atoms with Crippen LogP contribution in [0.5, 0.6) is 0 Å². The molecule has 1 aliphatic heterocycles. The van der Waals surface area contributed by atoms with Crippen molar-refractivity contribution in [1.82, 2.24) is 15.5 Å². The molecular formula is C18H24BrN3O3. The largest absolute Gasteiger partial charge is 0.354 e. The Morgan fingerprint density at radius 2 is 1.76 bits per heavy atom. The Balaban J connectivity index is 1.73. The summed E-state index contributed by atoms with van der Waals surface area (Å²) in [5.41, 5.74) is 0.293. The van der Waals surface area contributed by atoms with E-state index in [4.69, 9.17) is 0 Å². The van der Waals surface area contributed by atoms with Crippen LogP contribution in [0.3, 0.4) is 0 Å². The third kappa shape index (κ3) is 5.29. The van der Waals surface area contributed by atoms with Crippen LogP contribution in [-0.2, 0) is 9.59 Å². The van der Waals surface area contributed by atoms with Crippen LogP contribution in [-0.4, -0.2) is 47.8 Å². The maximum absolute atomic E-state index is 12.2. The number of benzene rings is 1. The van der Waals surface area contributed by atoms with Crippen LogP contribution in [0.1, 0.15) is 37.6 Å². The molecule has 1 fully saturated rings. The van der Waals surface area contributed by atoms with E-state index in [0.717, 1.165) is 4.47 Å².